The molecule has 5 nitrogen and oxygen atoms in total. The number of oxime groups is 1. The molecule has 1 aromatic rings. The Bertz CT molecular complexity index is 425. The first kappa shape index (κ1) is 14.0. The molecule has 0 bridgehead atoms. The zero-order chi connectivity index (χ0) is 13.0. The highest BCUT2D eigenvalue weighted by Crippen LogP contribution is 2.27. The zero-order valence-corrected chi connectivity index (χ0v) is 11.9. The van der Waals surface area contributed by atoms with Crippen molar-refractivity contribution in [3.63, 3.8) is 0 Å². The van der Waals surface area contributed by atoms with Gasteiger partial charge in [0.1, 0.15) is 0 Å². The Hall–Kier alpha value is -1.08. The van der Waals surface area contributed by atoms with E-state index >= 15 is 0 Å². The van der Waals surface area contributed by atoms with Crippen molar-refractivity contribution in [2.75, 3.05) is 0 Å². The van der Waals surface area contributed by atoms with Crippen LogP contribution in [-0.4, -0.2) is 23.0 Å². The zero-order valence-electron chi connectivity index (χ0n) is 9.53. The fraction of sp³-hybridized carbons (Fsp3) is 0.400. The van der Waals surface area contributed by atoms with Gasteiger partial charge in [0.25, 0.3) is 5.91 Å². The number of nitrogens with two attached hydrogens (primary N) is 1. The Morgan fingerprint density at radius 2 is 2.41 bits per heavy atom. The monoisotopic (exact) mass is 319 g/mol. The van der Waals surface area contributed by atoms with Crippen LogP contribution in [0.3, 0.4) is 0 Å². The highest BCUT2D eigenvalue weighted by Gasteiger charge is 2.18. The maximum absolute atomic E-state index is 11.9. The van der Waals surface area contributed by atoms with Crippen LogP contribution in [0.2, 0.25) is 0 Å². The lowest BCUT2D eigenvalue weighted by molar-refractivity contribution is 0.0949. The molecule has 94 valence electrons. The Morgan fingerprint density at radius 1 is 1.76 bits per heavy atom. The number of rotatable bonds is 4. The van der Waals surface area contributed by atoms with Gasteiger partial charge in [-0.1, -0.05) is 12.1 Å². The van der Waals surface area contributed by atoms with Crippen LogP contribution in [0.25, 0.3) is 0 Å². The van der Waals surface area contributed by atoms with Crippen LogP contribution in [0, 0.1) is 6.92 Å². The number of carbonyl (C=O) groups is 1. The van der Waals surface area contributed by atoms with E-state index < -0.39 is 6.04 Å². The Labute approximate surface area is 112 Å². The third-order valence-electron chi connectivity index (χ3n) is 2.27. The van der Waals surface area contributed by atoms with Crippen molar-refractivity contribution in [2.24, 2.45) is 10.9 Å². The summed E-state index contributed by atoms with van der Waals surface area (Å²) in [4.78, 5) is 12.5. The number of thiophene rings is 1. The van der Waals surface area contributed by atoms with Crippen molar-refractivity contribution in [3.8, 4) is 0 Å². The molecule has 0 spiro atoms. The van der Waals surface area contributed by atoms with Crippen LogP contribution in [0.5, 0.6) is 0 Å². The van der Waals surface area contributed by atoms with Crippen molar-refractivity contribution < 1.29 is 10.0 Å². The lowest BCUT2D eigenvalue weighted by atomic mass is 10.2. The maximum Gasteiger partial charge on any atom is 0.261 e. The van der Waals surface area contributed by atoms with E-state index in [0.717, 1.165) is 9.35 Å². The van der Waals surface area contributed by atoms with Crippen LogP contribution in [-0.2, 0) is 0 Å². The average Bonchev–Trinajstić information content (AvgIpc) is 2.65. The van der Waals surface area contributed by atoms with E-state index in [-0.39, 0.29) is 11.7 Å². The number of aryl methyl sites for hydroxylation is 1. The number of nitrogens with one attached hydrogen (secondary N) is 1. The molecule has 0 fully saturated rings. The standard InChI is InChI=1S/C10H14BrN3O2S/c1-3-6(9(12)14-16)13-10(15)7-4-5(2)8(11)17-7/h4,6,16H,3H2,1-2H3,(H2,12,14)(H,13,15). The largest absolute Gasteiger partial charge is 0.409 e. The van der Waals surface area contributed by atoms with E-state index in [9.17, 15) is 4.79 Å². The van der Waals surface area contributed by atoms with E-state index in [1.807, 2.05) is 13.8 Å². The first-order valence-electron chi connectivity index (χ1n) is 5.03. The highest BCUT2D eigenvalue weighted by atomic mass is 79.9. The number of amides is 1. The smallest absolute Gasteiger partial charge is 0.261 e. The summed E-state index contributed by atoms with van der Waals surface area (Å²) in [6, 6.07) is 1.34. The summed E-state index contributed by atoms with van der Waals surface area (Å²) in [5.74, 6) is -0.213. The van der Waals surface area contributed by atoms with Crippen LogP contribution < -0.4 is 11.1 Å². The van der Waals surface area contributed by atoms with Gasteiger partial charge in [0.2, 0.25) is 0 Å². The summed E-state index contributed by atoms with van der Waals surface area (Å²) in [7, 11) is 0. The second-order valence-electron chi connectivity index (χ2n) is 3.53. The molecular formula is C10H14BrN3O2S. The Balaban J connectivity index is 2.78. The highest BCUT2D eigenvalue weighted by molar-refractivity contribution is 9.11. The molecule has 1 unspecified atom stereocenters. The first-order valence-corrected chi connectivity index (χ1v) is 6.64. The van der Waals surface area contributed by atoms with E-state index in [2.05, 4.69) is 26.4 Å². The minimum absolute atomic E-state index is 0.00759. The number of hydrogen-bond donors (Lipinski definition) is 3. The molecule has 0 saturated carbocycles. The summed E-state index contributed by atoms with van der Waals surface area (Å²) in [5.41, 5.74) is 6.48. The van der Waals surface area contributed by atoms with Crippen molar-refractivity contribution >= 4 is 39.0 Å². The lowest BCUT2D eigenvalue weighted by Gasteiger charge is -2.14. The molecule has 0 aliphatic heterocycles. The number of carbonyl (C=O) groups excluding carboxylic acids is 1. The van der Waals surface area contributed by atoms with Gasteiger partial charge in [0, 0.05) is 0 Å². The van der Waals surface area contributed by atoms with Gasteiger partial charge in [-0.2, -0.15) is 0 Å². The fourth-order valence-corrected chi connectivity index (χ4v) is 2.69. The minimum atomic E-state index is -0.450. The summed E-state index contributed by atoms with van der Waals surface area (Å²) in [6.07, 6.45) is 0.563. The molecule has 1 aromatic heterocycles. The molecular weight excluding hydrogens is 306 g/mol. The summed E-state index contributed by atoms with van der Waals surface area (Å²) < 4.78 is 0.930. The van der Waals surface area contributed by atoms with Gasteiger partial charge in [0.15, 0.2) is 5.84 Å². The van der Waals surface area contributed by atoms with Crippen molar-refractivity contribution in [1.29, 1.82) is 0 Å². The van der Waals surface area contributed by atoms with Gasteiger partial charge in [-0.15, -0.1) is 11.3 Å². The molecule has 0 saturated heterocycles. The van der Waals surface area contributed by atoms with Gasteiger partial charge in [-0.05, 0) is 40.9 Å². The van der Waals surface area contributed by atoms with E-state index in [1.54, 1.807) is 6.07 Å². The summed E-state index contributed by atoms with van der Waals surface area (Å²) in [5, 5.41) is 14.2. The van der Waals surface area contributed by atoms with Crippen LogP contribution in [0.1, 0.15) is 28.6 Å². The third-order valence-corrected chi connectivity index (χ3v) is 4.40. The van der Waals surface area contributed by atoms with Crippen molar-refractivity contribution in [2.45, 2.75) is 26.3 Å². The molecule has 17 heavy (non-hydrogen) atoms. The number of amidine groups is 1. The lowest BCUT2D eigenvalue weighted by Crippen LogP contribution is -2.43. The molecule has 0 aromatic carbocycles. The number of nitrogens with zero attached hydrogens (tertiary/aromatic N) is 1. The van der Waals surface area contributed by atoms with Crippen molar-refractivity contribution in [1.82, 2.24) is 5.32 Å². The average molecular weight is 320 g/mol. The fourth-order valence-electron chi connectivity index (χ4n) is 1.26. The van der Waals surface area contributed by atoms with Crippen LogP contribution >= 0.6 is 27.3 Å². The van der Waals surface area contributed by atoms with Gasteiger partial charge in [0.05, 0.1) is 14.7 Å². The van der Waals surface area contributed by atoms with E-state index in [1.165, 1.54) is 11.3 Å². The molecule has 0 aliphatic rings. The number of hydrogen-bond acceptors (Lipinski definition) is 4. The molecule has 0 radical (unpaired) electrons. The summed E-state index contributed by atoms with van der Waals surface area (Å²) >= 11 is 4.72. The topological polar surface area (TPSA) is 87.7 Å². The van der Waals surface area contributed by atoms with Gasteiger partial charge >= 0.3 is 0 Å². The molecule has 1 heterocycles. The summed E-state index contributed by atoms with van der Waals surface area (Å²) in [6.45, 7) is 3.76. The number of halogens is 1. The molecule has 1 rings (SSSR count). The van der Waals surface area contributed by atoms with Crippen LogP contribution in [0.15, 0.2) is 15.0 Å². The minimum Gasteiger partial charge on any atom is -0.409 e. The van der Waals surface area contributed by atoms with Crippen molar-refractivity contribution in [3.05, 3.63) is 20.3 Å². The van der Waals surface area contributed by atoms with Gasteiger partial charge in [-0.25, -0.2) is 0 Å². The van der Waals surface area contributed by atoms with Gasteiger partial charge in [-0.3, -0.25) is 4.79 Å². The first-order chi connectivity index (χ1) is 7.99. The Kier molecular flexibility index (Phi) is 4.95. The molecule has 1 atom stereocenters. The predicted molar refractivity (Wildman–Crippen MR) is 71.7 cm³/mol. The molecule has 0 aliphatic carbocycles. The third kappa shape index (κ3) is 3.44. The predicted octanol–water partition coefficient (Wildman–Crippen LogP) is 2.07. The van der Waals surface area contributed by atoms with E-state index in [0.29, 0.717) is 11.3 Å². The second-order valence-corrected chi connectivity index (χ2v) is 5.90. The quantitative estimate of drug-likeness (QED) is 0.343. The second kappa shape index (κ2) is 6.02. The molecule has 4 N–H and O–H groups in total. The maximum atomic E-state index is 11.9. The van der Waals surface area contributed by atoms with E-state index in [4.69, 9.17) is 10.9 Å². The molecule has 7 heteroatoms. The van der Waals surface area contributed by atoms with Gasteiger partial charge < -0.3 is 16.3 Å². The van der Waals surface area contributed by atoms with Crippen LogP contribution in [0.4, 0.5) is 0 Å². The SMILES string of the molecule is CCC(NC(=O)c1cc(C)c(Br)s1)C(N)=NO. The normalized spacial score (nSPS) is 13.5. The Morgan fingerprint density at radius 3 is 2.82 bits per heavy atom. The molecule has 1 amide bonds.